The van der Waals surface area contributed by atoms with Crippen LogP contribution in [0.2, 0.25) is 0 Å². The van der Waals surface area contributed by atoms with Crippen molar-refractivity contribution in [1.82, 2.24) is 10.1 Å². The van der Waals surface area contributed by atoms with Gasteiger partial charge in [0.25, 0.3) is 11.8 Å². The maximum atomic E-state index is 13.3. The zero-order valence-corrected chi connectivity index (χ0v) is 21.2. The van der Waals surface area contributed by atoms with E-state index in [1.807, 2.05) is 47.4 Å². The minimum atomic E-state index is 0.00991. The maximum absolute atomic E-state index is 13.3. The van der Waals surface area contributed by atoms with Gasteiger partial charge in [0.2, 0.25) is 11.6 Å². The second-order valence-corrected chi connectivity index (χ2v) is 9.16. The van der Waals surface area contributed by atoms with Crippen LogP contribution in [-0.4, -0.2) is 43.9 Å². The summed E-state index contributed by atoms with van der Waals surface area (Å²) in [6.45, 7) is 2.70. The lowest BCUT2D eigenvalue weighted by Gasteiger charge is -2.22. The molecule has 0 N–H and O–H groups in total. The summed E-state index contributed by atoms with van der Waals surface area (Å²) in [5.74, 6) is 2.24. The van der Waals surface area contributed by atoms with Gasteiger partial charge in [-0.05, 0) is 48.9 Å². The van der Waals surface area contributed by atoms with Crippen LogP contribution in [0.3, 0.4) is 0 Å². The molecular weight excluding hydrogens is 478 g/mol. The number of carbonyl (C=O) groups excluding carboxylic acids is 1. The second kappa shape index (κ2) is 9.94. The summed E-state index contributed by atoms with van der Waals surface area (Å²) in [6, 6.07) is 17.1. The Bertz CT molecular complexity index is 1410. The van der Waals surface area contributed by atoms with Gasteiger partial charge in [0, 0.05) is 27.5 Å². The molecule has 0 bridgehead atoms. The van der Waals surface area contributed by atoms with Gasteiger partial charge >= 0.3 is 0 Å². The zero-order chi connectivity index (χ0) is 25.2. The number of aromatic nitrogens is 2. The molecule has 0 spiro atoms. The molecule has 4 aromatic rings. The Hall–Kier alpha value is -3.98. The summed E-state index contributed by atoms with van der Waals surface area (Å²) in [5, 5.41) is 4.21. The van der Waals surface area contributed by atoms with E-state index in [1.165, 1.54) is 0 Å². The molecule has 8 nitrogen and oxygen atoms in total. The van der Waals surface area contributed by atoms with Crippen molar-refractivity contribution in [2.45, 2.75) is 23.1 Å². The van der Waals surface area contributed by atoms with E-state index in [4.69, 9.17) is 18.7 Å². The molecule has 9 heteroatoms. The molecule has 3 aromatic carbocycles. The topological polar surface area (TPSA) is 86.9 Å². The highest BCUT2D eigenvalue weighted by Crippen LogP contribution is 2.44. The largest absolute Gasteiger partial charge is 0.493 e. The molecule has 1 aliphatic heterocycles. The lowest BCUT2D eigenvalue weighted by atomic mass is 10.1. The van der Waals surface area contributed by atoms with E-state index in [0.717, 1.165) is 27.5 Å². The maximum Gasteiger partial charge on any atom is 0.259 e. The van der Waals surface area contributed by atoms with E-state index >= 15 is 0 Å². The van der Waals surface area contributed by atoms with Gasteiger partial charge in [0.15, 0.2) is 11.5 Å². The monoisotopic (exact) mass is 503 g/mol. The van der Waals surface area contributed by atoms with Crippen molar-refractivity contribution in [2.75, 3.05) is 32.8 Å². The van der Waals surface area contributed by atoms with Crippen LogP contribution in [-0.2, 0) is 0 Å². The van der Waals surface area contributed by atoms with E-state index in [0.29, 0.717) is 46.6 Å². The molecule has 0 fully saturated rings. The van der Waals surface area contributed by atoms with Crippen LogP contribution in [0, 0.1) is 0 Å². The highest BCUT2D eigenvalue weighted by molar-refractivity contribution is 7.99. The number of carbonyl (C=O) groups is 1. The van der Waals surface area contributed by atoms with Crippen molar-refractivity contribution in [2.24, 2.45) is 0 Å². The molecule has 0 saturated carbocycles. The van der Waals surface area contributed by atoms with Crippen LogP contribution < -0.4 is 19.1 Å². The number of methoxy groups -OCH3 is 3. The van der Waals surface area contributed by atoms with Crippen molar-refractivity contribution in [3.8, 4) is 40.1 Å². The lowest BCUT2D eigenvalue weighted by Crippen LogP contribution is -2.31. The van der Waals surface area contributed by atoms with E-state index in [-0.39, 0.29) is 5.91 Å². The van der Waals surface area contributed by atoms with Crippen molar-refractivity contribution in [3.05, 3.63) is 60.2 Å². The smallest absolute Gasteiger partial charge is 0.259 e. The first-order valence-corrected chi connectivity index (χ1v) is 12.3. The normalized spacial score (nSPS) is 12.6. The minimum absolute atomic E-state index is 0.00991. The molecule has 184 valence electrons. The zero-order valence-electron chi connectivity index (χ0n) is 20.4. The molecule has 1 amide bonds. The Morgan fingerprint density at radius 1 is 0.917 bits per heavy atom. The summed E-state index contributed by atoms with van der Waals surface area (Å²) in [4.78, 5) is 21.6. The molecule has 0 atom stereocenters. The average molecular weight is 504 g/mol. The van der Waals surface area contributed by atoms with Crippen molar-refractivity contribution >= 4 is 23.4 Å². The minimum Gasteiger partial charge on any atom is -0.493 e. The molecule has 2 heterocycles. The van der Waals surface area contributed by atoms with Crippen molar-refractivity contribution in [3.63, 3.8) is 0 Å². The number of benzene rings is 3. The van der Waals surface area contributed by atoms with Crippen LogP contribution >= 0.6 is 11.8 Å². The molecule has 1 aliphatic rings. The standard InChI is InChI=1S/C27H25N3O5S/c1-5-12-30-19-11-10-16(15-23(19)36-22-9-7-6-8-18(22)27(30)31)25-28-26(35-29-25)17-13-20(32-2)24(34-4)21(14-17)33-3/h6-11,13-15H,5,12H2,1-4H3. The van der Waals surface area contributed by atoms with Gasteiger partial charge in [-0.25, -0.2) is 0 Å². The van der Waals surface area contributed by atoms with E-state index in [9.17, 15) is 4.79 Å². The van der Waals surface area contributed by atoms with Gasteiger partial charge in [-0.1, -0.05) is 36.0 Å². The van der Waals surface area contributed by atoms with E-state index in [2.05, 4.69) is 17.1 Å². The van der Waals surface area contributed by atoms with Gasteiger partial charge in [0.05, 0.1) is 32.6 Å². The Morgan fingerprint density at radius 2 is 1.67 bits per heavy atom. The first-order valence-electron chi connectivity index (χ1n) is 11.4. The van der Waals surface area contributed by atoms with Crippen molar-refractivity contribution < 1.29 is 23.5 Å². The number of anilines is 1. The molecule has 0 saturated heterocycles. The Kier molecular flexibility index (Phi) is 6.56. The SMILES string of the molecule is CCCN1C(=O)c2ccccc2Sc2cc(-c3noc(-c4cc(OC)c(OC)c(OC)c4)n3)ccc21. The number of rotatable bonds is 7. The Balaban J connectivity index is 1.54. The molecular formula is C27H25N3O5S. The van der Waals surface area contributed by atoms with Crippen LogP contribution in [0.15, 0.2) is 68.9 Å². The summed E-state index contributed by atoms with van der Waals surface area (Å²) in [6.07, 6.45) is 0.850. The van der Waals surface area contributed by atoms with Gasteiger partial charge in [-0.15, -0.1) is 0 Å². The van der Waals surface area contributed by atoms with E-state index < -0.39 is 0 Å². The first kappa shape index (κ1) is 23.7. The molecule has 1 aromatic heterocycles. The lowest BCUT2D eigenvalue weighted by molar-refractivity contribution is 0.0984. The van der Waals surface area contributed by atoms with Crippen LogP contribution in [0.1, 0.15) is 23.7 Å². The van der Waals surface area contributed by atoms with Gasteiger partial charge in [0.1, 0.15) is 0 Å². The average Bonchev–Trinajstić information content (AvgIpc) is 3.37. The van der Waals surface area contributed by atoms with E-state index in [1.54, 1.807) is 45.2 Å². The second-order valence-electron chi connectivity index (χ2n) is 8.07. The molecule has 36 heavy (non-hydrogen) atoms. The fourth-order valence-corrected chi connectivity index (χ4v) is 5.29. The van der Waals surface area contributed by atoms with Crippen LogP contribution in [0.5, 0.6) is 17.2 Å². The summed E-state index contributed by atoms with van der Waals surface area (Å²) in [5.41, 5.74) is 3.01. The third-order valence-electron chi connectivity index (χ3n) is 5.88. The third-order valence-corrected chi connectivity index (χ3v) is 7.00. The van der Waals surface area contributed by atoms with Gasteiger partial charge in [-0.2, -0.15) is 4.98 Å². The van der Waals surface area contributed by atoms with Crippen LogP contribution in [0.25, 0.3) is 22.8 Å². The Morgan fingerprint density at radius 3 is 2.36 bits per heavy atom. The number of hydrogen-bond donors (Lipinski definition) is 0. The number of hydrogen-bond acceptors (Lipinski definition) is 8. The fraction of sp³-hybridized carbons (Fsp3) is 0.222. The summed E-state index contributed by atoms with van der Waals surface area (Å²) >= 11 is 1.57. The number of nitrogens with zero attached hydrogens (tertiary/aromatic N) is 3. The number of fused-ring (bicyclic) bond motifs is 2. The predicted molar refractivity (Wildman–Crippen MR) is 137 cm³/mol. The third kappa shape index (κ3) is 4.15. The molecule has 0 radical (unpaired) electrons. The van der Waals surface area contributed by atoms with Gasteiger partial charge < -0.3 is 23.6 Å². The van der Waals surface area contributed by atoms with Crippen molar-refractivity contribution in [1.29, 1.82) is 0 Å². The summed E-state index contributed by atoms with van der Waals surface area (Å²) in [7, 11) is 4.66. The number of amides is 1. The Labute approximate surface area is 213 Å². The van der Waals surface area contributed by atoms with Crippen LogP contribution in [0.4, 0.5) is 5.69 Å². The summed E-state index contributed by atoms with van der Waals surface area (Å²) < 4.78 is 21.9. The fourth-order valence-electron chi connectivity index (χ4n) is 4.17. The number of ether oxygens (including phenoxy) is 3. The predicted octanol–water partition coefficient (Wildman–Crippen LogP) is 5.95. The highest BCUT2D eigenvalue weighted by atomic mass is 32.2. The first-order chi connectivity index (χ1) is 17.6. The quantitative estimate of drug-likeness (QED) is 0.306. The molecule has 5 rings (SSSR count). The molecule has 0 unspecified atom stereocenters. The highest BCUT2D eigenvalue weighted by Gasteiger charge is 2.27. The van der Waals surface area contributed by atoms with Gasteiger partial charge in [-0.3, -0.25) is 4.79 Å². The molecule has 0 aliphatic carbocycles.